The average Bonchev–Trinajstić information content (AvgIpc) is 2.01. The molecule has 0 aliphatic carbocycles. The summed E-state index contributed by atoms with van der Waals surface area (Å²) in [5.74, 6) is 0.820. The molecule has 0 amide bonds. The lowest BCUT2D eigenvalue weighted by Gasteiger charge is -2.20. The molecule has 1 N–H and O–H groups in total. The molecule has 0 saturated heterocycles. The van der Waals surface area contributed by atoms with Gasteiger partial charge >= 0.3 is 0 Å². The van der Waals surface area contributed by atoms with Gasteiger partial charge < -0.3 is 5.32 Å². The van der Waals surface area contributed by atoms with Gasteiger partial charge in [-0.2, -0.15) is 0 Å². The van der Waals surface area contributed by atoms with Crippen molar-refractivity contribution in [1.82, 2.24) is 5.32 Å². The number of unbranched alkanes of at least 4 members (excludes halogenated alkanes) is 4. The summed E-state index contributed by atoms with van der Waals surface area (Å²) in [4.78, 5) is 0. The lowest BCUT2D eigenvalue weighted by Crippen LogP contribution is -2.36. The van der Waals surface area contributed by atoms with E-state index in [0.717, 1.165) is 12.4 Å². The van der Waals surface area contributed by atoms with E-state index in [2.05, 4.69) is 26.1 Å². The van der Waals surface area contributed by atoms with Crippen LogP contribution in [0.5, 0.6) is 0 Å². The minimum Gasteiger partial charge on any atom is -0.312 e. The van der Waals surface area contributed by atoms with Crippen molar-refractivity contribution in [1.29, 1.82) is 0 Å². The van der Waals surface area contributed by atoms with Crippen LogP contribution < -0.4 is 5.32 Å². The lowest BCUT2D eigenvalue weighted by molar-refractivity contribution is 0.416. The molecule has 0 aliphatic rings. The molecule has 0 aromatic rings. The number of halogens is 1. The van der Waals surface area contributed by atoms with E-state index in [0.29, 0.717) is 0 Å². The molecular formula is C11H24ClN. The molecule has 0 unspecified atom stereocenters. The number of nitrogens with one attached hydrogen (secondary N) is 1. The molecule has 0 spiro atoms. The van der Waals surface area contributed by atoms with Crippen LogP contribution in [0, 0.1) is 0 Å². The number of alkyl halides is 1. The molecule has 0 radical (unpaired) electrons. The summed E-state index contributed by atoms with van der Waals surface area (Å²) < 4.78 is 0. The molecule has 0 rings (SSSR count). The van der Waals surface area contributed by atoms with Crippen LogP contribution in [0.1, 0.15) is 52.9 Å². The molecule has 13 heavy (non-hydrogen) atoms. The second-order valence-electron chi connectivity index (χ2n) is 4.63. The highest BCUT2D eigenvalue weighted by atomic mass is 35.5. The van der Waals surface area contributed by atoms with Gasteiger partial charge in [-0.15, -0.1) is 11.6 Å². The van der Waals surface area contributed by atoms with E-state index in [9.17, 15) is 0 Å². The number of hydrogen-bond donors (Lipinski definition) is 1. The molecule has 0 aromatic carbocycles. The van der Waals surface area contributed by atoms with E-state index in [1.54, 1.807) is 0 Å². The van der Waals surface area contributed by atoms with Crippen LogP contribution in [0.4, 0.5) is 0 Å². The van der Waals surface area contributed by atoms with Crippen LogP contribution in [-0.4, -0.2) is 18.0 Å². The fourth-order valence-corrected chi connectivity index (χ4v) is 1.40. The number of hydrogen-bond acceptors (Lipinski definition) is 1. The van der Waals surface area contributed by atoms with Gasteiger partial charge in [-0.05, 0) is 40.2 Å². The second-order valence-corrected chi connectivity index (χ2v) is 5.01. The van der Waals surface area contributed by atoms with Crippen LogP contribution in [0.25, 0.3) is 0 Å². The van der Waals surface area contributed by atoms with Gasteiger partial charge in [0.25, 0.3) is 0 Å². The largest absolute Gasteiger partial charge is 0.312 e. The summed E-state index contributed by atoms with van der Waals surface area (Å²) in [6.07, 6.45) is 6.42. The summed E-state index contributed by atoms with van der Waals surface area (Å²) in [6, 6.07) is 0. The first-order valence-corrected chi connectivity index (χ1v) is 5.91. The van der Waals surface area contributed by atoms with E-state index in [1.807, 2.05) is 0 Å². The van der Waals surface area contributed by atoms with Gasteiger partial charge in [-0.1, -0.05) is 19.3 Å². The Labute approximate surface area is 88.2 Å². The maximum absolute atomic E-state index is 5.59. The van der Waals surface area contributed by atoms with Crippen molar-refractivity contribution in [2.75, 3.05) is 12.4 Å². The molecule has 0 atom stereocenters. The maximum atomic E-state index is 5.59. The van der Waals surface area contributed by atoms with Crippen molar-refractivity contribution >= 4 is 11.6 Å². The predicted octanol–water partition coefficient (Wildman–Crippen LogP) is 3.56. The van der Waals surface area contributed by atoms with Gasteiger partial charge in [0.15, 0.2) is 0 Å². The SMILES string of the molecule is CC(C)(C)NCCCCCCCCl. The lowest BCUT2D eigenvalue weighted by atomic mass is 10.1. The van der Waals surface area contributed by atoms with Crippen molar-refractivity contribution in [2.45, 2.75) is 58.4 Å². The standard InChI is InChI=1S/C11H24ClN/c1-11(2,3)13-10-8-6-4-5-7-9-12/h13H,4-10H2,1-3H3. The fourth-order valence-electron chi connectivity index (χ4n) is 1.21. The Kier molecular flexibility index (Phi) is 7.78. The summed E-state index contributed by atoms with van der Waals surface area (Å²) in [7, 11) is 0. The van der Waals surface area contributed by atoms with Crippen LogP contribution in [-0.2, 0) is 0 Å². The monoisotopic (exact) mass is 205 g/mol. The summed E-state index contributed by atoms with van der Waals surface area (Å²) in [5.41, 5.74) is 0.274. The zero-order valence-corrected chi connectivity index (χ0v) is 10.1. The minimum atomic E-state index is 0.274. The van der Waals surface area contributed by atoms with E-state index in [-0.39, 0.29) is 5.54 Å². The fraction of sp³-hybridized carbons (Fsp3) is 1.00. The Bertz CT molecular complexity index is 107. The maximum Gasteiger partial charge on any atom is 0.0223 e. The van der Waals surface area contributed by atoms with Gasteiger partial charge in [-0.25, -0.2) is 0 Å². The van der Waals surface area contributed by atoms with Crippen molar-refractivity contribution < 1.29 is 0 Å². The van der Waals surface area contributed by atoms with Crippen molar-refractivity contribution in [2.24, 2.45) is 0 Å². The topological polar surface area (TPSA) is 12.0 Å². The third kappa shape index (κ3) is 12.2. The quantitative estimate of drug-likeness (QED) is 0.495. The average molecular weight is 206 g/mol. The van der Waals surface area contributed by atoms with E-state index in [4.69, 9.17) is 11.6 Å². The Morgan fingerprint density at radius 2 is 1.46 bits per heavy atom. The molecule has 0 saturated carbocycles. The highest BCUT2D eigenvalue weighted by molar-refractivity contribution is 6.17. The Hall–Kier alpha value is 0.250. The van der Waals surface area contributed by atoms with Crippen molar-refractivity contribution in [3.63, 3.8) is 0 Å². The van der Waals surface area contributed by atoms with Gasteiger partial charge in [0.05, 0.1) is 0 Å². The normalized spacial score (nSPS) is 12.0. The molecule has 0 fully saturated rings. The van der Waals surface area contributed by atoms with Crippen LogP contribution in [0.15, 0.2) is 0 Å². The van der Waals surface area contributed by atoms with Crippen LogP contribution in [0.3, 0.4) is 0 Å². The molecule has 2 heteroatoms. The summed E-state index contributed by atoms with van der Waals surface area (Å²) in [5, 5.41) is 3.49. The zero-order valence-electron chi connectivity index (χ0n) is 9.33. The van der Waals surface area contributed by atoms with Crippen LogP contribution in [0.2, 0.25) is 0 Å². The molecule has 80 valence electrons. The number of rotatable bonds is 7. The Balaban J connectivity index is 3.00. The van der Waals surface area contributed by atoms with Gasteiger partial charge in [0.2, 0.25) is 0 Å². The first-order chi connectivity index (χ1) is 6.06. The highest BCUT2D eigenvalue weighted by Gasteiger charge is 2.06. The second kappa shape index (κ2) is 7.64. The van der Waals surface area contributed by atoms with E-state index < -0.39 is 0 Å². The zero-order chi connectivity index (χ0) is 10.2. The molecule has 0 aliphatic heterocycles. The summed E-state index contributed by atoms with van der Waals surface area (Å²) >= 11 is 5.59. The molecule has 1 nitrogen and oxygen atoms in total. The predicted molar refractivity (Wildman–Crippen MR) is 61.6 cm³/mol. The van der Waals surface area contributed by atoms with Crippen molar-refractivity contribution in [3.8, 4) is 0 Å². The van der Waals surface area contributed by atoms with Crippen LogP contribution >= 0.6 is 11.6 Å². The first kappa shape index (κ1) is 13.2. The van der Waals surface area contributed by atoms with E-state index >= 15 is 0 Å². The summed E-state index contributed by atoms with van der Waals surface area (Å²) in [6.45, 7) is 7.77. The molecular weight excluding hydrogens is 182 g/mol. The Morgan fingerprint density at radius 1 is 0.923 bits per heavy atom. The van der Waals surface area contributed by atoms with Gasteiger partial charge in [0.1, 0.15) is 0 Å². The first-order valence-electron chi connectivity index (χ1n) is 5.37. The minimum absolute atomic E-state index is 0.274. The third-order valence-corrected chi connectivity index (χ3v) is 2.23. The van der Waals surface area contributed by atoms with Gasteiger partial charge in [0, 0.05) is 11.4 Å². The molecule has 0 bridgehead atoms. The van der Waals surface area contributed by atoms with Crippen molar-refractivity contribution in [3.05, 3.63) is 0 Å². The van der Waals surface area contributed by atoms with E-state index in [1.165, 1.54) is 32.1 Å². The third-order valence-electron chi connectivity index (χ3n) is 1.97. The molecule has 0 aromatic heterocycles. The Morgan fingerprint density at radius 3 is 2.00 bits per heavy atom. The smallest absolute Gasteiger partial charge is 0.0223 e. The van der Waals surface area contributed by atoms with Gasteiger partial charge in [-0.3, -0.25) is 0 Å². The molecule has 0 heterocycles. The highest BCUT2D eigenvalue weighted by Crippen LogP contribution is 2.04.